The van der Waals surface area contributed by atoms with E-state index in [-0.39, 0.29) is 25.0 Å². The summed E-state index contributed by atoms with van der Waals surface area (Å²) in [5, 5.41) is 10.5. The van der Waals surface area contributed by atoms with Gasteiger partial charge < -0.3 is 15.0 Å². The van der Waals surface area contributed by atoms with Crippen molar-refractivity contribution in [2.24, 2.45) is 0 Å². The minimum absolute atomic E-state index is 0.0992. The molecule has 0 radical (unpaired) electrons. The molecule has 4 rings (SSSR count). The number of hydrogen-bond acceptors (Lipinski definition) is 4. The smallest absolute Gasteiger partial charge is 0.277 e. The number of aryl methyl sites for hydroxylation is 1. The van der Waals surface area contributed by atoms with Crippen LogP contribution in [0.2, 0.25) is 0 Å². The van der Waals surface area contributed by atoms with Gasteiger partial charge in [-0.3, -0.25) is 14.5 Å². The van der Waals surface area contributed by atoms with Crippen molar-refractivity contribution in [3.63, 3.8) is 0 Å². The van der Waals surface area contributed by atoms with Gasteiger partial charge in [-0.05, 0) is 30.5 Å². The van der Waals surface area contributed by atoms with E-state index in [1.165, 1.54) is 4.90 Å². The van der Waals surface area contributed by atoms with Gasteiger partial charge in [0.2, 0.25) is 0 Å². The molecule has 3 aromatic rings. The SMILES string of the molecule is Cc1ccc(C2=C(N(C)CCO)C(=O)N(CCc3c[nH]c4ccccc34)C2=O)cc1. The summed E-state index contributed by atoms with van der Waals surface area (Å²) >= 11 is 0. The molecular formula is C24H25N3O3. The Balaban J connectivity index is 1.64. The summed E-state index contributed by atoms with van der Waals surface area (Å²) in [4.78, 5) is 32.7. The number of aromatic amines is 1. The number of para-hydroxylation sites is 1. The number of aliphatic hydroxyl groups excluding tert-OH is 1. The van der Waals surface area contributed by atoms with E-state index in [0.29, 0.717) is 29.8 Å². The number of fused-ring (bicyclic) bond motifs is 1. The number of amides is 2. The maximum absolute atomic E-state index is 13.3. The molecule has 0 saturated carbocycles. The number of hydrogen-bond donors (Lipinski definition) is 2. The molecule has 154 valence electrons. The quantitative estimate of drug-likeness (QED) is 0.595. The fraction of sp³-hybridized carbons (Fsp3) is 0.250. The van der Waals surface area contributed by atoms with Gasteiger partial charge in [0.15, 0.2) is 0 Å². The molecule has 1 aromatic heterocycles. The third kappa shape index (κ3) is 3.50. The molecule has 0 fully saturated rings. The van der Waals surface area contributed by atoms with Crippen LogP contribution in [0.4, 0.5) is 0 Å². The zero-order valence-corrected chi connectivity index (χ0v) is 17.2. The minimum Gasteiger partial charge on any atom is -0.395 e. The second-order valence-corrected chi connectivity index (χ2v) is 7.61. The van der Waals surface area contributed by atoms with Gasteiger partial charge in [-0.1, -0.05) is 48.0 Å². The number of nitrogens with zero attached hydrogens (tertiary/aromatic N) is 2. The number of benzene rings is 2. The molecule has 0 bridgehead atoms. The highest BCUT2D eigenvalue weighted by molar-refractivity contribution is 6.35. The predicted molar refractivity (Wildman–Crippen MR) is 117 cm³/mol. The largest absolute Gasteiger partial charge is 0.395 e. The number of imide groups is 1. The zero-order valence-electron chi connectivity index (χ0n) is 17.2. The first-order valence-corrected chi connectivity index (χ1v) is 10.1. The van der Waals surface area contributed by atoms with Crippen LogP contribution in [0, 0.1) is 6.92 Å². The monoisotopic (exact) mass is 403 g/mol. The van der Waals surface area contributed by atoms with E-state index in [9.17, 15) is 14.7 Å². The Labute approximate surface area is 175 Å². The molecule has 1 aliphatic heterocycles. The van der Waals surface area contributed by atoms with Crippen molar-refractivity contribution < 1.29 is 14.7 Å². The average Bonchev–Trinajstić information content (AvgIpc) is 3.26. The van der Waals surface area contributed by atoms with E-state index < -0.39 is 0 Å². The molecule has 0 aliphatic carbocycles. The van der Waals surface area contributed by atoms with Gasteiger partial charge in [0.05, 0.1) is 12.2 Å². The lowest BCUT2D eigenvalue weighted by atomic mass is 10.0. The number of aliphatic hydroxyl groups is 1. The summed E-state index contributed by atoms with van der Waals surface area (Å²) in [5.74, 6) is -0.602. The average molecular weight is 403 g/mol. The standard InChI is InChI=1S/C24H25N3O3/c1-16-7-9-17(10-8-16)21-22(26(2)13-14-28)24(30)27(23(21)29)12-11-18-15-25-20-6-4-3-5-19(18)20/h3-10,15,25,28H,11-14H2,1-2H3. The molecule has 1 aliphatic rings. The summed E-state index contributed by atoms with van der Waals surface area (Å²) in [6.45, 7) is 2.45. The number of carbonyl (C=O) groups excluding carboxylic acids is 2. The molecule has 30 heavy (non-hydrogen) atoms. The van der Waals surface area contributed by atoms with E-state index in [1.54, 1.807) is 11.9 Å². The van der Waals surface area contributed by atoms with Gasteiger partial charge in [0.25, 0.3) is 11.8 Å². The molecule has 2 amide bonds. The van der Waals surface area contributed by atoms with Gasteiger partial charge >= 0.3 is 0 Å². The van der Waals surface area contributed by atoms with E-state index in [1.807, 2.05) is 61.7 Å². The second kappa shape index (κ2) is 8.16. The Kier molecular flexibility index (Phi) is 5.42. The van der Waals surface area contributed by atoms with Crippen molar-refractivity contribution in [3.8, 4) is 0 Å². The summed E-state index contributed by atoms with van der Waals surface area (Å²) in [6, 6.07) is 15.6. The van der Waals surface area contributed by atoms with Crippen LogP contribution >= 0.6 is 0 Å². The third-order valence-electron chi connectivity index (χ3n) is 5.58. The highest BCUT2D eigenvalue weighted by Gasteiger charge is 2.40. The number of carbonyl (C=O) groups is 2. The predicted octanol–water partition coefficient (Wildman–Crippen LogP) is 2.72. The van der Waals surface area contributed by atoms with Gasteiger partial charge in [-0.25, -0.2) is 0 Å². The van der Waals surface area contributed by atoms with Crippen molar-refractivity contribution in [1.29, 1.82) is 0 Å². The second-order valence-electron chi connectivity index (χ2n) is 7.61. The van der Waals surface area contributed by atoms with Crippen LogP contribution < -0.4 is 0 Å². The van der Waals surface area contributed by atoms with Gasteiger partial charge in [0.1, 0.15) is 5.70 Å². The molecular weight excluding hydrogens is 378 g/mol. The summed E-state index contributed by atoms with van der Waals surface area (Å²) in [7, 11) is 1.73. The van der Waals surface area contributed by atoms with E-state index in [2.05, 4.69) is 4.98 Å². The topological polar surface area (TPSA) is 76.6 Å². The molecule has 0 spiro atoms. The first-order chi connectivity index (χ1) is 14.5. The molecule has 2 aromatic carbocycles. The Morgan fingerprint density at radius 3 is 2.50 bits per heavy atom. The molecule has 6 heteroatoms. The molecule has 0 unspecified atom stereocenters. The fourth-order valence-electron chi connectivity index (χ4n) is 3.93. The first-order valence-electron chi connectivity index (χ1n) is 10.1. The van der Waals surface area contributed by atoms with Crippen LogP contribution in [0.25, 0.3) is 16.5 Å². The Hall–Kier alpha value is -3.38. The molecule has 0 atom stereocenters. The number of H-pyrrole nitrogens is 1. The van der Waals surface area contributed by atoms with Crippen LogP contribution in [0.5, 0.6) is 0 Å². The van der Waals surface area contributed by atoms with Gasteiger partial charge in [-0.2, -0.15) is 0 Å². The first kappa shape index (κ1) is 19.9. The summed E-state index contributed by atoms with van der Waals surface area (Å²) in [5.41, 5.74) is 4.64. The third-order valence-corrected chi connectivity index (χ3v) is 5.58. The lowest BCUT2D eigenvalue weighted by Crippen LogP contribution is -2.36. The van der Waals surface area contributed by atoms with Crippen LogP contribution in [-0.2, 0) is 16.0 Å². The van der Waals surface area contributed by atoms with Crippen molar-refractivity contribution in [2.75, 3.05) is 26.7 Å². The number of likely N-dealkylation sites (N-methyl/N-ethyl adjacent to an activating group) is 1. The molecule has 2 heterocycles. The van der Waals surface area contributed by atoms with Crippen molar-refractivity contribution in [2.45, 2.75) is 13.3 Å². The zero-order chi connectivity index (χ0) is 21.3. The molecule has 6 nitrogen and oxygen atoms in total. The van der Waals surface area contributed by atoms with Crippen LogP contribution in [0.3, 0.4) is 0 Å². The Bertz CT molecular complexity index is 1130. The van der Waals surface area contributed by atoms with E-state index in [0.717, 1.165) is 22.0 Å². The normalized spacial score (nSPS) is 14.3. The van der Waals surface area contributed by atoms with Gasteiger partial charge in [-0.15, -0.1) is 0 Å². The minimum atomic E-state index is -0.314. The molecule has 2 N–H and O–H groups in total. The number of rotatable bonds is 7. The molecule has 0 saturated heterocycles. The van der Waals surface area contributed by atoms with Crippen LogP contribution in [-0.4, -0.2) is 58.4 Å². The van der Waals surface area contributed by atoms with Crippen molar-refractivity contribution >= 4 is 28.3 Å². The highest BCUT2D eigenvalue weighted by Crippen LogP contribution is 2.31. The fourth-order valence-corrected chi connectivity index (χ4v) is 3.93. The Morgan fingerprint density at radius 2 is 1.77 bits per heavy atom. The van der Waals surface area contributed by atoms with E-state index >= 15 is 0 Å². The van der Waals surface area contributed by atoms with Crippen LogP contribution in [0.1, 0.15) is 16.7 Å². The van der Waals surface area contributed by atoms with Crippen molar-refractivity contribution in [3.05, 3.63) is 77.1 Å². The Morgan fingerprint density at radius 1 is 1.03 bits per heavy atom. The summed E-state index contributed by atoms with van der Waals surface area (Å²) in [6.07, 6.45) is 2.50. The highest BCUT2D eigenvalue weighted by atomic mass is 16.3. The van der Waals surface area contributed by atoms with Crippen LogP contribution in [0.15, 0.2) is 60.4 Å². The summed E-state index contributed by atoms with van der Waals surface area (Å²) < 4.78 is 0. The lowest BCUT2D eigenvalue weighted by Gasteiger charge is -2.20. The maximum atomic E-state index is 13.3. The maximum Gasteiger partial charge on any atom is 0.277 e. The lowest BCUT2D eigenvalue weighted by molar-refractivity contribution is -0.137. The van der Waals surface area contributed by atoms with Gasteiger partial charge in [0, 0.05) is 37.2 Å². The number of nitrogens with one attached hydrogen (secondary N) is 1. The number of aromatic nitrogens is 1. The van der Waals surface area contributed by atoms with E-state index in [4.69, 9.17) is 0 Å². The van der Waals surface area contributed by atoms with Crippen molar-refractivity contribution in [1.82, 2.24) is 14.8 Å².